The van der Waals surface area contributed by atoms with Gasteiger partial charge in [0.2, 0.25) is 0 Å². The molecule has 1 aromatic heterocycles. The van der Waals surface area contributed by atoms with Crippen molar-refractivity contribution in [1.82, 2.24) is 4.98 Å². The van der Waals surface area contributed by atoms with Crippen LogP contribution < -0.4 is 0 Å². The molecule has 0 aliphatic rings. The summed E-state index contributed by atoms with van der Waals surface area (Å²) in [5, 5.41) is 0. The van der Waals surface area contributed by atoms with Crippen molar-refractivity contribution >= 4 is 0 Å². The third kappa shape index (κ3) is 2.74. The van der Waals surface area contributed by atoms with E-state index >= 15 is 0 Å². The molecule has 0 bridgehead atoms. The lowest BCUT2D eigenvalue weighted by Crippen LogP contribution is -2.02. The monoisotopic (exact) mass is 213 g/mol. The zero-order valence-corrected chi connectivity index (χ0v) is 9.59. The summed E-state index contributed by atoms with van der Waals surface area (Å²) in [5.74, 6) is 0.378. The maximum Gasteiger partial charge on any atom is 0.265 e. The van der Waals surface area contributed by atoms with Crippen molar-refractivity contribution in [2.24, 2.45) is 0 Å². The summed E-state index contributed by atoms with van der Waals surface area (Å²) in [5.41, 5.74) is 1.65. The van der Waals surface area contributed by atoms with E-state index in [0.29, 0.717) is 5.56 Å². The normalized spacial score (nSPS) is 11.8. The largest absolute Gasteiger partial charge is 0.265 e. The molecule has 0 amide bonds. The first-order valence-corrected chi connectivity index (χ1v) is 5.21. The molecule has 84 valence electrons. The Bertz CT molecular complexity index is 332. The molecular weight excluding hydrogens is 196 g/mol. The number of pyridine rings is 1. The zero-order chi connectivity index (χ0) is 11.6. The van der Waals surface area contributed by atoms with Crippen molar-refractivity contribution in [3.63, 3.8) is 0 Å². The number of hydrogen-bond donors (Lipinski definition) is 0. The second-order valence-electron chi connectivity index (χ2n) is 4.35. The van der Waals surface area contributed by atoms with E-state index in [4.69, 9.17) is 0 Å². The van der Waals surface area contributed by atoms with Crippen LogP contribution in [0.5, 0.6) is 0 Å². The maximum absolute atomic E-state index is 12.7. The van der Waals surface area contributed by atoms with E-state index in [1.807, 2.05) is 27.7 Å². The van der Waals surface area contributed by atoms with Gasteiger partial charge < -0.3 is 0 Å². The van der Waals surface area contributed by atoms with Crippen LogP contribution in [0.1, 0.15) is 62.8 Å². The second-order valence-corrected chi connectivity index (χ2v) is 4.35. The molecule has 0 atom stereocenters. The van der Waals surface area contributed by atoms with Gasteiger partial charge in [-0.05, 0) is 23.5 Å². The minimum atomic E-state index is -2.43. The minimum absolute atomic E-state index is 0.0643. The Morgan fingerprint density at radius 2 is 1.60 bits per heavy atom. The number of alkyl halides is 2. The van der Waals surface area contributed by atoms with Crippen molar-refractivity contribution in [3.05, 3.63) is 29.1 Å². The van der Waals surface area contributed by atoms with Gasteiger partial charge in [0.1, 0.15) is 0 Å². The Kier molecular flexibility index (Phi) is 3.77. The Morgan fingerprint density at radius 1 is 1.00 bits per heavy atom. The molecule has 0 N–H and O–H groups in total. The zero-order valence-electron chi connectivity index (χ0n) is 9.59. The lowest BCUT2D eigenvalue weighted by molar-refractivity contribution is 0.149. The van der Waals surface area contributed by atoms with Gasteiger partial charge in [-0.15, -0.1) is 0 Å². The molecule has 3 heteroatoms. The van der Waals surface area contributed by atoms with Crippen LogP contribution in [-0.4, -0.2) is 4.98 Å². The highest BCUT2D eigenvalue weighted by Gasteiger charge is 2.17. The van der Waals surface area contributed by atoms with Crippen molar-refractivity contribution in [3.8, 4) is 0 Å². The smallest absolute Gasteiger partial charge is 0.261 e. The standard InChI is InChI=1S/C12H17F2N/c1-7(2)9-5-11(8(3)4)15-6-10(9)12(13)14/h5-8,12H,1-4H3. The molecule has 0 aliphatic heterocycles. The molecule has 1 heterocycles. The van der Waals surface area contributed by atoms with Gasteiger partial charge in [-0.3, -0.25) is 4.98 Å². The van der Waals surface area contributed by atoms with E-state index in [9.17, 15) is 8.78 Å². The maximum atomic E-state index is 12.7. The molecule has 15 heavy (non-hydrogen) atoms. The predicted molar refractivity (Wildman–Crippen MR) is 57.4 cm³/mol. The SMILES string of the molecule is CC(C)c1cc(C(C)C)c(C(F)F)cn1. The average molecular weight is 213 g/mol. The van der Waals surface area contributed by atoms with Crippen LogP contribution in [0.3, 0.4) is 0 Å². The van der Waals surface area contributed by atoms with Crippen molar-refractivity contribution in [1.29, 1.82) is 0 Å². The molecule has 1 nitrogen and oxygen atoms in total. The van der Waals surface area contributed by atoms with Crippen LogP contribution in [0.15, 0.2) is 12.3 Å². The average Bonchev–Trinajstić information content (AvgIpc) is 2.16. The van der Waals surface area contributed by atoms with Crippen molar-refractivity contribution in [2.45, 2.75) is 46.0 Å². The summed E-state index contributed by atoms with van der Waals surface area (Å²) in [6.07, 6.45) is -1.12. The third-order valence-electron chi connectivity index (χ3n) is 2.44. The molecule has 0 radical (unpaired) electrons. The number of nitrogens with zero attached hydrogens (tertiary/aromatic N) is 1. The number of aromatic nitrogens is 1. The van der Waals surface area contributed by atoms with E-state index < -0.39 is 6.43 Å². The molecule has 0 spiro atoms. The Morgan fingerprint density at radius 3 is 2.00 bits per heavy atom. The number of rotatable bonds is 3. The quantitative estimate of drug-likeness (QED) is 0.730. The van der Waals surface area contributed by atoms with Crippen LogP contribution in [0.2, 0.25) is 0 Å². The predicted octanol–water partition coefficient (Wildman–Crippen LogP) is 4.27. The molecule has 0 fully saturated rings. The van der Waals surface area contributed by atoms with Crippen molar-refractivity contribution < 1.29 is 8.78 Å². The third-order valence-corrected chi connectivity index (χ3v) is 2.44. The van der Waals surface area contributed by atoms with E-state index in [0.717, 1.165) is 5.69 Å². The lowest BCUT2D eigenvalue weighted by atomic mass is 9.96. The van der Waals surface area contributed by atoms with Gasteiger partial charge in [0.05, 0.1) is 0 Å². The van der Waals surface area contributed by atoms with Gasteiger partial charge in [0.15, 0.2) is 0 Å². The fourth-order valence-electron chi connectivity index (χ4n) is 1.50. The lowest BCUT2D eigenvalue weighted by Gasteiger charge is -2.14. The molecule has 1 aromatic rings. The highest BCUT2D eigenvalue weighted by atomic mass is 19.3. The molecule has 0 aliphatic carbocycles. The van der Waals surface area contributed by atoms with Crippen LogP contribution in [-0.2, 0) is 0 Å². The van der Waals surface area contributed by atoms with Crippen LogP contribution in [0, 0.1) is 0 Å². The highest BCUT2D eigenvalue weighted by molar-refractivity contribution is 5.31. The summed E-state index contributed by atoms with van der Waals surface area (Å²) in [6.45, 7) is 7.86. The topological polar surface area (TPSA) is 12.9 Å². The van der Waals surface area contributed by atoms with E-state index in [1.54, 1.807) is 6.07 Å². The van der Waals surface area contributed by atoms with Gasteiger partial charge in [-0.2, -0.15) is 0 Å². The molecular formula is C12H17F2N. The highest BCUT2D eigenvalue weighted by Crippen LogP contribution is 2.29. The van der Waals surface area contributed by atoms with Crippen molar-refractivity contribution in [2.75, 3.05) is 0 Å². The molecule has 0 saturated carbocycles. The second kappa shape index (κ2) is 4.69. The Hall–Kier alpha value is -0.990. The fraction of sp³-hybridized carbons (Fsp3) is 0.583. The summed E-state index contributed by atoms with van der Waals surface area (Å²) < 4.78 is 25.4. The van der Waals surface area contributed by atoms with Gasteiger partial charge in [0.25, 0.3) is 6.43 Å². The molecule has 0 aromatic carbocycles. The Labute approximate surface area is 89.5 Å². The van der Waals surface area contributed by atoms with E-state index in [1.165, 1.54) is 6.20 Å². The van der Waals surface area contributed by atoms with Crippen LogP contribution in [0.4, 0.5) is 8.78 Å². The van der Waals surface area contributed by atoms with E-state index in [2.05, 4.69) is 4.98 Å². The molecule has 0 unspecified atom stereocenters. The summed E-state index contributed by atoms with van der Waals surface area (Å²) in [4.78, 5) is 4.06. The Balaban J connectivity index is 3.21. The number of hydrogen-bond acceptors (Lipinski definition) is 1. The minimum Gasteiger partial charge on any atom is -0.261 e. The van der Waals surface area contributed by atoms with Gasteiger partial charge in [-0.25, -0.2) is 8.78 Å². The first-order valence-electron chi connectivity index (χ1n) is 5.21. The van der Waals surface area contributed by atoms with Crippen LogP contribution in [0.25, 0.3) is 0 Å². The summed E-state index contributed by atoms with van der Waals surface area (Å²) in [7, 11) is 0. The van der Waals surface area contributed by atoms with E-state index in [-0.39, 0.29) is 17.4 Å². The van der Waals surface area contributed by atoms with Gasteiger partial charge >= 0.3 is 0 Å². The fourth-order valence-corrected chi connectivity index (χ4v) is 1.50. The van der Waals surface area contributed by atoms with Gasteiger partial charge in [0, 0.05) is 17.5 Å². The van der Waals surface area contributed by atoms with Gasteiger partial charge in [-0.1, -0.05) is 27.7 Å². The summed E-state index contributed by atoms with van der Waals surface area (Å²) >= 11 is 0. The number of halogens is 2. The first kappa shape index (κ1) is 12.1. The first-order chi connectivity index (χ1) is 6.93. The van der Waals surface area contributed by atoms with Crippen LogP contribution >= 0.6 is 0 Å². The molecule has 0 saturated heterocycles. The molecule has 1 rings (SSSR count). The summed E-state index contributed by atoms with van der Waals surface area (Å²) in [6, 6.07) is 1.80.